The van der Waals surface area contributed by atoms with Gasteiger partial charge in [-0.1, -0.05) is 43.9 Å². The van der Waals surface area contributed by atoms with Crippen molar-refractivity contribution in [3.05, 3.63) is 45.1 Å². The number of hydrogen-bond acceptors (Lipinski definition) is 4. The first-order valence-corrected chi connectivity index (χ1v) is 10.1. The van der Waals surface area contributed by atoms with Crippen molar-refractivity contribution in [2.24, 2.45) is 0 Å². The van der Waals surface area contributed by atoms with Gasteiger partial charge in [0.2, 0.25) is 0 Å². The molecule has 6 heteroatoms. The molecule has 1 N–H and O–H groups in total. The molecule has 0 bridgehead atoms. The zero-order valence-corrected chi connectivity index (χ0v) is 16.7. The van der Waals surface area contributed by atoms with Gasteiger partial charge in [0, 0.05) is 4.88 Å². The molecule has 2 aromatic rings. The molecule has 26 heavy (non-hydrogen) atoms. The smallest absolute Gasteiger partial charge is 0.312 e. The van der Waals surface area contributed by atoms with Crippen LogP contribution in [0, 0.1) is 0 Å². The van der Waals surface area contributed by atoms with Gasteiger partial charge in [0.05, 0.1) is 24.7 Å². The minimum atomic E-state index is -0.848. The van der Waals surface area contributed by atoms with E-state index in [0.29, 0.717) is 29.5 Å². The Morgan fingerprint density at radius 1 is 1.31 bits per heavy atom. The summed E-state index contributed by atoms with van der Waals surface area (Å²) in [4.78, 5) is 12.5. The second kappa shape index (κ2) is 10.4. The van der Waals surface area contributed by atoms with Crippen molar-refractivity contribution in [1.29, 1.82) is 0 Å². The van der Waals surface area contributed by atoms with Crippen LogP contribution in [0.25, 0.3) is 0 Å². The van der Waals surface area contributed by atoms with E-state index in [1.165, 1.54) is 24.2 Å². The molecule has 4 nitrogen and oxygen atoms in total. The normalized spacial score (nSPS) is 12.0. The Labute approximate surface area is 163 Å². The summed E-state index contributed by atoms with van der Waals surface area (Å²) >= 11 is 7.84. The van der Waals surface area contributed by atoms with Crippen LogP contribution in [-0.4, -0.2) is 24.8 Å². The van der Waals surface area contributed by atoms with Crippen molar-refractivity contribution >= 4 is 28.9 Å². The molecule has 0 spiro atoms. The van der Waals surface area contributed by atoms with E-state index in [4.69, 9.17) is 21.1 Å². The number of carboxylic acids is 1. The summed E-state index contributed by atoms with van der Waals surface area (Å²) in [7, 11) is 1.56. The molecule has 1 unspecified atom stereocenters. The van der Waals surface area contributed by atoms with Crippen LogP contribution in [0.1, 0.15) is 49.0 Å². The number of benzene rings is 1. The highest BCUT2D eigenvalue weighted by molar-refractivity contribution is 7.10. The van der Waals surface area contributed by atoms with Crippen molar-refractivity contribution in [3.8, 4) is 11.5 Å². The molecule has 0 radical (unpaired) electrons. The van der Waals surface area contributed by atoms with Crippen molar-refractivity contribution in [2.75, 3.05) is 13.7 Å². The standard InChI is InChI=1S/C20H25ClO4S/c1-3-4-5-6-9-25-19-16(21)12-14(13-17(19)24-2)11-15(20(22)23)18-8-7-10-26-18/h7-8,10,12-13,15H,3-6,9,11H2,1-2H3,(H,22,23). The number of carbonyl (C=O) groups is 1. The summed E-state index contributed by atoms with van der Waals surface area (Å²) in [5.74, 6) is -0.383. The van der Waals surface area contributed by atoms with Crippen LogP contribution in [-0.2, 0) is 11.2 Å². The highest BCUT2D eigenvalue weighted by Crippen LogP contribution is 2.38. The van der Waals surface area contributed by atoms with Crippen LogP contribution in [0.15, 0.2) is 29.6 Å². The molecule has 142 valence electrons. The number of thiophene rings is 1. The third kappa shape index (κ3) is 5.64. The fourth-order valence-electron chi connectivity index (χ4n) is 2.77. The van der Waals surface area contributed by atoms with Gasteiger partial charge in [-0.2, -0.15) is 0 Å². The molecule has 0 amide bonds. The van der Waals surface area contributed by atoms with E-state index in [1.807, 2.05) is 23.6 Å². The minimum Gasteiger partial charge on any atom is -0.493 e. The third-order valence-corrected chi connectivity index (χ3v) is 5.42. The Morgan fingerprint density at radius 2 is 2.12 bits per heavy atom. The number of hydrogen-bond donors (Lipinski definition) is 1. The van der Waals surface area contributed by atoms with Gasteiger partial charge in [0.15, 0.2) is 11.5 Å². The van der Waals surface area contributed by atoms with Crippen molar-refractivity contribution in [2.45, 2.75) is 44.9 Å². The van der Waals surface area contributed by atoms with Crippen LogP contribution in [0.5, 0.6) is 11.5 Å². The first kappa shape index (κ1) is 20.6. The van der Waals surface area contributed by atoms with E-state index in [2.05, 4.69) is 6.92 Å². The number of halogens is 1. The number of rotatable bonds is 11. The zero-order valence-electron chi connectivity index (χ0n) is 15.2. The Hall–Kier alpha value is -1.72. The van der Waals surface area contributed by atoms with Crippen molar-refractivity contribution < 1.29 is 19.4 Å². The lowest BCUT2D eigenvalue weighted by Gasteiger charge is -2.16. The van der Waals surface area contributed by atoms with E-state index in [9.17, 15) is 9.90 Å². The number of aliphatic carboxylic acids is 1. The molecule has 1 heterocycles. The lowest BCUT2D eigenvalue weighted by atomic mass is 9.97. The monoisotopic (exact) mass is 396 g/mol. The highest BCUT2D eigenvalue weighted by Gasteiger charge is 2.23. The predicted octanol–water partition coefficient (Wildman–Crippen LogP) is 5.78. The second-order valence-electron chi connectivity index (χ2n) is 6.13. The van der Waals surface area contributed by atoms with Crippen molar-refractivity contribution in [1.82, 2.24) is 0 Å². The van der Waals surface area contributed by atoms with Gasteiger partial charge in [-0.05, 0) is 42.0 Å². The maximum atomic E-state index is 11.7. The van der Waals surface area contributed by atoms with E-state index in [-0.39, 0.29) is 0 Å². The van der Waals surface area contributed by atoms with E-state index >= 15 is 0 Å². The summed E-state index contributed by atoms with van der Waals surface area (Å²) in [6, 6.07) is 7.29. The summed E-state index contributed by atoms with van der Waals surface area (Å²) in [6.45, 7) is 2.75. The molecule has 0 aliphatic carbocycles. The Kier molecular flexibility index (Phi) is 8.26. The average Bonchev–Trinajstić information content (AvgIpc) is 3.14. The third-order valence-electron chi connectivity index (χ3n) is 4.16. The highest BCUT2D eigenvalue weighted by atomic mass is 35.5. The van der Waals surface area contributed by atoms with Gasteiger partial charge in [-0.25, -0.2) is 0 Å². The number of carboxylic acid groups (broad SMARTS) is 1. The SMILES string of the molecule is CCCCCCOc1c(Cl)cc(CC(C(=O)O)c2cccs2)cc1OC. The van der Waals surface area contributed by atoms with Crippen LogP contribution in [0.4, 0.5) is 0 Å². The van der Waals surface area contributed by atoms with Gasteiger partial charge in [0.25, 0.3) is 0 Å². The van der Waals surface area contributed by atoms with Gasteiger partial charge in [0.1, 0.15) is 0 Å². The first-order chi connectivity index (χ1) is 12.6. The van der Waals surface area contributed by atoms with Gasteiger partial charge in [-0.15, -0.1) is 11.3 Å². The average molecular weight is 397 g/mol. The predicted molar refractivity (Wildman–Crippen MR) is 106 cm³/mol. The molecule has 1 atom stereocenters. The number of unbranched alkanes of at least 4 members (excludes halogenated alkanes) is 3. The van der Waals surface area contributed by atoms with Gasteiger partial charge in [-0.3, -0.25) is 4.79 Å². The Bertz CT molecular complexity index is 700. The zero-order chi connectivity index (χ0) is 18.9. The molecule has 1 aromatic carbocycles. The molecule has 0 aliphatic heterocycles. The molecule has 0 saturated heterocycles. The lowest BCUT2D eigenvalue weighted by molar-refractivity contribution is -0.138. The topological polar surface area (TPSA) is 55.8 Å². The lowest BCUT2D eigenvalue weighted by Crippen LogP contribution is -2.13. The Balaban J connectivity index is 2.13. The molecule has 0 aliphatic rings. The number of methoxy groups -OCH3 is 1. The molecule has 0 saturated carbocycles. The maximum absolute atomic E-state index is 11.7. The summed E-state index contributed by atoms with van der Waals surface area (Å²) in [5.41, 5.74) is 0.811. The van der Waals surface area contributed by atoms with Crippen molar-refractivity contribution in [3.63, 3.8) is 0 Å². The largest absolute Gasteiger partial charge is 0.493 e. The Morgan fingerprint density at radius 3 is 2.73 bits per heavy atom. The van der Waals surface area contributed by atoms with E-state index < -0.39 is 11.9 Å². The molecule has 0 fully saturated rings. The summed E-state index contributed by atoms with van der Waals surface area (Å²) < 4.78 is 11.2. The fraction of sp³-hybridized carbons (Fsp3) is 0.450. The fourth-order valence-corrected chi connectivity index (χ4v) is 3.88. The number of ether oxygens (including phenoxy) is 2. The van der Waals surface area contributed by atoms with Crippen LogP contribution in [0.2, 0.25) is 5.02 Å². The second-order valence-corrected chi connectivity index (χ2v) is 7.51. The summed E-state index contributed by atoms with van der Waals surface area (Å²) in [6.07, 6.45) is 4.80. The molecular weight excluding hydrogens is 372 g/mol. The molecule has 2 rings (SSSR count). The van der Waals surface area contributed by atoms with E-state index in [1.54, 1.807) is 13.2 Å². The molecular formula is C20H25ClO4S. The van der Waals surface area contributed by atoms with Gasteiger partial charge >= 0.3 is 5.97 Å². The maximum Gasteiger partial charge on any atom is 0.312 e. The first-order valence-electron chi connectivity index (χ1n) is 8.82. The molecule has 1 aromatic heterocycles. The van der Waals surface area contributed by atoms with Crippen LogP contribution in [0.3, 0.4) is 0 Å². The van der Waals surface area contributed by atoms with Crippen LogP contribution < -0.4 is 9.47 Å². The van der Waals surface area contributed by atoms with Crippen LogP contribution >= 0.6 is 22.9 Å². The van der Waals surface area contributed by atoms with E-state index in [0.717, 1.165) is 23.3 Å². The minimum absolute atomic E-state index is 0.350. The van der Waals surface area contributed by atoms with Gasteiger partial charge < -0.3 is 14.6 Å². The summed E-state index contributed by atoms with van der Waals surface area (Å²) in [5, 5.41) is 11.9. The quantitative estimate of drug-likeness (QED) is 0.489.